The largest absolute Gasteiger partial charge is 0.492 e. The van der Waals surface area contributed by atoms with Gasteiger partial charge in [-0.2, -0.15) is 0 Å². The highest BCUT2D eigenvalue weighted by atomic mass is 32.2. The summed E-state index contributed by atoms with van der Waals surface area (Å²) in [5, 5.41) is 2.81. The van der Waals surface area contributed by atoms with E-state index < -0.39 is 0 Å². The number of anilines is 2. The molecule has 5 nitrogen and oxygen atoms in total. The highest BCUT2D eigenvalue weighted by Gasteiger charge is 2.35. The molecule has 1 N–H and O–H groups in total. The van der Waals surface area contributed by atoms with Crippen molar-refractivity contribution in [2.75, 3.05) is 22.6 Å². The fraction of sp³-hybridized carbons (Fsp3) is 0.364. The summed E-state index contributed by atoms with van der Waals surface area (Å²) in [7, 11) is 0. The van der Waals surface area contributed by atoms with Gasteiger partial charge in [0.2, 0.25) is 11.8 Å². The monoisotopic (exact) mass is 398 g/mol. The average Bonchev–Trinajstić information content (AvgIpc) is 3.08. The highest BCUT2D eigenvalue weighted by molar-refractivity contribution is 8.00. The molecule has 1 heterocycles. The van der Waals surface area contributed by atoms with Gasteiger partial charge in [-0.3, -0.25) is 14.5 Å². The second-order valence-corrected chi connectivity index (χ2v) is 7.67. The van der Waals surface area contributed by atoms with Crippen molar-refractivity contribution in [3.05, 3.63) is 54.1 Å². The lowest BCUT2D eigenvalue weighted by atomic mass is 10.1. The van der Waals surface area contributed by atoms with E-state index in [9.17, 15) is 9.59 Å². The minimum Gasteiger partial charge on any atom is -0.492 e. The molecule has 0 saturated carbocycles. The summed E-state index contributed by atoms with van der Waals surface area (Å²) in [5.41, 5.74) is 2.52. The van der Waals surface area contributed by atoms with Gasteiger partial charge >= 0.3 is 0 Å². The van der Waals surface area contributed by atoms with Gasteiger partial charge in [-0.25, -0.2) is 0 Å². The Morgan fingerprint density at radius 1 is 1.21 bits per heavy atom. The maximum atomic E-state index is 12.7. The van der Waals surface area contributed by atoms with E-state index in [2.05, 4.69) is 12.2 Å². The normalized spacial score (nSPS) is 16.3. The van der Waals surface area contributed by atoms with Crippen LogP contribution in [0.1, 0.15) is 44.0 Å². The molecule has 1 aliphatic heterocycles. The summed E-state index contributed by atoms with van der Waals surface area (Å²) in [4.78, 5) is 26.5. The highest BCUT2D eigenvalue weighted by Crippen LogP contribution is 2.45. The third kappa shape index (κ3) is 4.68. The zero-order valence-electron chi connectivity index (χ0n) is 16.3. The van der Waals surface area contributed by atoms with Crippen LogP contribution in [0.2, 0.25) is 0 Å². The molecule has 0 radical (unpaired) electrons. The molecule has 1 atom stereocenters. The van der Waals surface area contributed by atoms with Gasteiger partial charge in [0.15, 0.2) is 0 Å². The fourth-order valence-electron chi connectivity index (χ4n) is 3.20. The van der Waals surface area contributed by atoms with Crippen molar-refractivity contribution in [1.29, 1.82) is 0 Å². The lowest BCUT2D eigenvalue weighted by molar-refractivity contribution is -0.117. The Bertz CT molecular complexity index is 840. The Morgan fingerprint density at radius 3 is 2.82 bits per heavy atom. The molecular weight excluding hydrogens is 372 g/mol. The molecule has 0 spiro atoms. The number of carbonyl (C=O) groups is 2. The standard InChI is InChI=1S/C22H26N2O3S/c1-3-5-13-20(25)23-17-10-8-9-16(14-17)22-24(21(26)15-28-22)18-11-6-7-12-19(18)27-4-2/h6-12,14,22H,3-5,13,15H2,1-2H3,(H,23,25)/t22-/m1/s1. The Kier molecular flexibility index (Phi) is 6.98. The maximum Gasteiger partial charge on any atom is 0.238 e. The first-order valence-corrected chi connectivity index (χ1v) is 10.7. The summed E-state index contributed by atoms with van der Waals surface area (Å²) in [6, 6.07) is 15.4. The van der Waals surface area contributed by atoms with Gasteiger partial charge in [0.05, 0.1) is 18.0 Å². The van der Waals surface area contributed by atoms with Crippen LogP contribution in [0.25, 0.3) is 0 Å². The van der Waals surface area contributed by atoms with Gasteiger partial charge in [0.25, 0.3) is 0 Å². The number of para-hydroxylation sites is 2. The zero-order valence-corrected chi connectivity index (χ0v) is 17.1. The van der Waals surface area contributed by atoms with Crippen molar-refractivity contribution < 1.29 is 14.3 Å². The number of unbranched alkanes of at least 4 members (excludes halogenated alkanes) is 1. The first-order chi connectivity index (χ1) is 13.6. The lowest BCUT2D eigenvalue weighted by Gasteiger charge is -2.26. The smallest absolute Gasteiger partial charge is 0.238 e. The molecular formula is C22H26N2O3S. The van der Waals surface area contributed by atoms with Crippen LogP contribution in [-0.4, -0.2) is 24.2 Å². The Labute approximate surface area is 170 Å². The van der Waals surface area contributed by atoms with Gasteiger partial charge in [0.1, 0.15) is 11.1 Å². The quantitative estimate of drug-likeness (QED) is 0.680. The summed E-state index contributed by atoms with van der Waals surface area (Å²) in [6.07, 6.45) is 2.38. The van der Waals surface area contributed by atoms with Gasteiger partial charge < -0.3 is 10.1 Å². The van der Waals surface area contributed by atoms with Crippen LogP contribution in [-0.2, 0) is 9.59 Å². The van der Waals surface area contributed by atoms with Crippen LogP contribution in [0.4, 0.5) is 11.4 Å². The molecule has 0 aromatic heterocycles. The Balaban J connectivity index is 1.85. The number of carbonyl (C=O) groups excluding carboxylic acids is 2. The van der Waals surface area contributed by atoms with Gasteiger partial charge in [-0.15, -0.1) is 11.8 Å². The van der Waals surface area contributed by atoms with E-state index in [0.29, 0.717) is 24.5 Å². The number of hydrogen-bond acceptors (Lipinski definition) is 4. The second-order valence-electron chi connectivity index (χ2n) is 6.61. The minimum atomic E-state index is -0.151. The Hall–Kier alpha value is -2.47. The van der Waals surface area contributed by atoms with Crippen LogP contribution in [0, 0.1) is 0 Å². The number of ether oxygens (including phenoxy) is 1. The van der Waals surface area contributed by atoms with E-state index >= 15 is 0 Å². The van der Waals surface area contributed by atoms with Crippen molar-refractivity contribution in [3.63, 3.8) is 0 Å². The predicted molar refractivity (Wildman–Crippen MR) is 115 cm³/mol. The number of nitrogens with one attached hydrogen (secondary N) is 1. The first kappa shape index (κ1) is 20.3. The van der Waals surface area contributed by atoms with E-state index in [-0.39, 0.29) is 17.2 Å². The van der Waals surface area contributed by atoms with Gasteiger partial charge in [-0.1, -0.05) is 37.6 Å². The molecule has 1 fully saturated rings. The third-order valence-electron chi connectivity index (χ3n) is 4.51. The second kappa shape index (κ2) is 9.64. The van der Waals surface area contributed by atoms with Crippen molar-refractivity contribution in [2.45, 2.75) is 38.5 Å². The van der Waals surface area contributed by atoms with E-state index in [4.69, 9.17) is 4.74 Å². The average molecular weight is 399 g/mol. The maximum absolute atomic E-state index is 12.7. The number of thioether (sulfide) groups is 1. The number of benzene rings is 2. The molecule has 6 heteroatoms. The third-order valence-corrected chi connectivity index (χ3v) is 5.72. The fourth-order valence-corrected chi connectivity index (χ4v) is 4.35. The summed E-state index contributed by atoms with van der Waals surface area (Å²) >= 11 is 1.58. The van der Waals surface area contributed by atoms with Crippen LogP contribution in [0.15, 0.2) is 48.5 Å². The topological polar surface area (TPSA) is 58.6 Å². The lowest BCUT2D eigenvalue weighted by Crippen LogP contribution is -2.28. The van der Waals surface area contributed by atoms with Crippen molar-refractivity contribution >= 4 is 35.0 Å². The molecule has 0 unspecified atom stereocenters. The molecule has 3 rings (SSSR count). The molecule has 2 aromatic carbocycles. The van der Waals surface area contributed by atoms with Crippen LogP contribution >= 0.6 is 11.8 Å². The van der Waals surface area contributed by atoms with Crippen LogP contribution in [0.3, 0.4) is 0 Å². The summed E-state index contributed by atoms with van der Waals surface area (Å²) < 4.78 is 5.74. The van der Waals surface area contributed by atoms with E-state index in [1.165, 1.54) is 0 Å². The molecule has 0 bridgehead atoms. The predicted octanol–water partition coefficient (Wildman–Crippen LogP) is 4.99. The number of nitrogens with zero attached hydrogens (tertiary/aromatic N) is 1. The van der Waals surface area contributed by atoms with E-state index in [0.717, 1.165) is 29.8 Å². The van der Waals surface area contributed by atoms with Crippen molar-refractivity contribution in [2.24, 2.45) is 0 Å². The molecule has 1 saturated heterocycles. The van der Waals surface area contributed by atoms with Crippen LogP contribution < -0.4 is 15.0 Å². The van der Waals surface area contributed by atoms with Gasteiger partial charge in [0, 0.05) is 12.1 Å². The molecule has 0 aliphatic carbocycles. The summed E-state index contributed by atoms with van der Waals surface area (Å²) in [5.74, 6) is 1.19. The minimum absolute atomic E-state index is 0.0210. The number of rotatable bonds is 8. The molecule has 148 valence electrons. The number of hydrogen-bond donors (Lipinski definition) is 1. The SMILES string of the molecule is CCCCC(=O)Nc1cccc([C@H]2SCC(=O)N2c2ccccc2OCC)c1. The first-order valence-electron chi connectivity index (χ1n) is 9.69. The van der Waals surface area contributed by atoms with E-state index in [1.54, 1.807) is 16.7 Å². The van der Waals surface area contributed by atoms with Crippen molar-refractivity contribution in [3.8, 4) is 5.75 Å². The zero-order chi connectivity index (χ0) is 19.9. The molecule has 28 heavy (non-hydrogen) atoms. The van der Waals surface area contributed by atoms with Crippen LogP contribution in [0.5, 0.6) is 5.75 Å². The molecule has 2 aromatic rings. The molecule has 1 aliphatic rings. The van der Waals surface area contributed by atoms with Gasteiger partial charge in [-0.05, 0) is 43.2 Å². The van der Waals surface area contributed by atoms with Crippen molar-refractivity contribution in [1.82, 2.24) is 0 Å². The van der Waals surface area contributed by atoms with E-state index in [1.807, 2.05) is 55.5 Å². The Morgan fingerprint density at radius 2 is 2.04 bits per heavy atom. The summed E-state index contributed by atoms with van der Waals surface area (Å²) in [6.45, 7) is 4.53. The molecule has 2 amide bonds. The number of amides is 2.